The number of benzene rings is 2. The lowest BCUT2D eigenvalue weighted by atomic mass is 9.85. The number of hydrogen-bond acceptors (Lipinski definition) is 4. The first-order valence-corrected chi connectivity index (χ1v) is 12.9. The smallest absolute Gasteiger partial charge is 0.247 e. The van der Waals surface area contributed by atoms with Crippen LogP contribution in [-0.2, 0) is 16.0 Å². The molecule has 2 aromatic carbocycles. The fourth-order valence-corrected chi connectivity index (χ4v) is 4.95. The number of ether oxygens (including phenoxy) is 2. The minimum atomic E-state index is -0.812. The monoisotopic (exact) mass is 520 g/mol. The Morgan fingerprint density at radius 1 is 1.06 bits per heavy atom. The molecular formula is C27H34Cl2N2O4. The van der Waals surface area contributed by atoms with Gasteiger partial charge in [0.15, 0.2) is 11.5 Å². The highest BCUT2D eigenvalue weighted by molar-refractivity contribution is 6.30. The molecule has 2 amide bonds. The standard InChI is InChI=1S/C27H34Cl2N2O4/c1-18-6-4-5-7-22(18)30-27(33)26(20-9-11-21(29)12-10-20)31(25(32)17-28)15-14-19-8-13-23(34-2)24(16-19)35-3/h8-13,16,18,22,26H,4-7,14-15,17H2,1-3H3,(H,30,33)/t18-,22-,26+/m1/s1. The Morgan fingerprint density at radius 2 is 1.74 bits per heavy atom. The van der Waals surface area contributed by atoms with E-state index in [0.717, 1.165) is 24.8 Å². The van der Waals surface area contributed by atoms with E-state index in [4.69, 9.17) is 32.7 Å². The van der Waals surface area contributed by atoms with Crippen molar-refractivity contribution >= 4 is 35.0 Å². The van der Waals surface area contributed by atoms with Crippen LogP contribution in [0.3, 0.4) is 0 Å². The number of nitrogens with one attached hydrogen (secondary N) is 1. The first-order chi connectivity index (χ1) is 16.9. The van der Waals surface area contributed by atoms with Crippen LogP contribution in [0.4, 0.5) is 0 Å². The van der Waals surface area contributed by atoms with E-state index in [9.17, 15) is 9.59 Å². The molecule has 0 spiro atoms. The lowest BCUT2D eigenvalue weighted by Crippen LogP contribution is -2.49. The summed E-state index contributed by atoms with van der Waals surface area (Å²) < 4.78 is 10.7. The maximum absolute atomic E-state index is 13.7. The van der Waals surface area contributed by atoms with Crippen LogP contribution < -0.4 is 14.8 Å². The SMILES string of the molecule is COc1ccc(CCN(C(=O)CCl)[C@H](C(=O)N[C@@H]2CCCC[C@H]2C)c2ccc(Cl)cc2)cc1OC. The van der Waals surface area contributed by atoms with Crippen molar-refractivity contribution in [3.8, 4) is 11.5 Å². The van der Waals surface area contributed by atoms with Crippen LogP contribution in [0.1, 0.15) is 49.8 Å². The van der Waals surface area contributed by atoms with Gasteiger partial charge < -0.3 is 19.7 Å². The molecule has 1 aliphatic carbocycles. The van der Waals surface area contributed by atoms with Gasteiger partial charge in [-0.15, -0.1) is 11.6 Å². The van der Waals surface area contributed by atoms with E-state index in [1.165, 1.54) is 6.42 Å². The second-order valence-electron chi connectivity index (χ2n) is 8.99. The largest absolute Gasteiger partial charge is 0.493 e. The average Bonchev–Trinajstić information content (AvgIpc) is 2.87. The Labute approximate surface area is 217 Å². The zero-order valence-electron chi connectivity index (χ0n) is 20.6. The third-order valence-electron chi connectivity index (χ3n) is 6.71. The van der Waals surface area contributed by atoms with Gasteiger partial charge in [-0.3, -0.25) is 9.59 Å². The normalized spacial score (nSPS) is 18.4. The number of halogens is 2. The second-order valence-corrected chi connectivity index (χ2v) is 9.69. The van der Waals surface area contributed by atoms with Crippen molar-refractivity contribution in [3.63, 3.8) is 0 Å². The minimum absolute atomic E-state index is 0.0878. The van der Waals surface area contributed by atoms with E-state index in [-0.39, 0.29) is 23.7 Å². The fraction of sp³-hybridized carbons (Fsp3) is 0.481. The van der Waals surface area contributed by atoms with Gasteiger partial charge in [0, 0.05) is 17.6 Å². The predicted molar refractivity (Wildman–Crippen MR) is 139 cm³/mol. The van der Waals surface area contributed by atoms with Crippen LogP contribution in [0.2, 0.25) is 5.02 Å². The third-order valence-corrected chi connectivity index (χ3v) is 7.19. The van der Waals surface area contributed by atoms with Gasteiger partial charge in [0.1, 0.15) is 11.9 Å². The molecule has 6 nitrogen and oxygen atoms in total. The van der Waals surface area contributed by atoms with E-state index < -0.39 is 6.04 Å². The van der Waals surface area contributed by atoms with Gasteiger partial charge in [0.05, 0.1) is 14.2 Å². The summed E-state index contributed by atoms with van der Waals surface area (Å²) >= 11 is 12.1. The van der Waals surface area contributed by atoms with Crippen molar-refractivity contribution in [2.75, 3.05) is 26.6 Å². The number of carbonyl (C=O) groups excluding carboxylic acids is 2. The van der Waals surface area contributed by atoms with Crippen LogP contribution in [0, 0.1) is 5.92 Å². The topological polar surface area (TPSA) is 67.9 Å². The summed E-state index contributed by atoms with van der Waals surface area (Å²) in [7, 11) is 3.17. The molecular weight excluding hydrogens is 487 g/mol. The van der Waals surface area contributed by atoms with E-state index in [0.29, 0.717) is 41.0 Å². The highest BCUT2D eigenvalue weighted by Crippen LogP contribution is 2.30. The van der Waals surface area contributed by atoms with Gasteiger partial charge >= 0.3 is 0 Å². The molecule has 1 aliphatic rings. The summed E-state index contributed by atoms with van der Waals surface area (Å²) in [6.07, 6.45) is 4.80. The second kappa shape index (κ2) is 13.0. The lowest BCUT2D eigenvalue weighted by molar-refractivity contribution is -0.139. The van der Waals surface area contributed by atoms with Crippen LogP contribution in [0.5, 0.6) is 11.5 Å². The number of alkyl halides is 1. The van der Waals surface area contributed by atoms with Crippen molar-refractivity contribution in [2.45, 2.75) is 51.1 Å². The maximum atomic E-state index is 13.7. The van der Waals surface area contributed by atoms with Crippen molar-refractivity contribution in [1.29, 1.82) is 0 Å². The molecule has 35 heavy (non-hydrogen) atoms. The summed E-state index contributed by atoms with van der Waals surface area (Å²) in [6.45, 7) is 2.47. The number of rotatable bonds is 10. The van der Waals surface area contributed by atoms with Crippen LogP contribution in [0.25, 0.3) is 0 Å². The molecule has 8 heteroatoms. The Morgan fingerprint density at radius 3 is 2.37 bits per heavy atom. The van der Waals surface area contributed by atoms with Crippen molar-refractivity contribution in [3.05, 3.63) is 58.6 Å². The van der Waals surface area contributed by atoms with Crippen LogP contribution in [-0.4, -0.2) is 49.4 Å². The molecule has 1 saturated carbocycles. The average molecular weight is 521 g/mol. The van der Waals surface area contributed by atoms with Crippen LogP contribution >= 0.6 is 23.2 Å². The Hall–Kier alpha value is -2.44. The molecule has 0 aromatic heterocycles. The molecule has 190 valence electrons. The molecule has 0 radical (unpaired) electrons. The number of amides is 2. The molecule has 0 aliphatic heterocycles. The van der Waals surface area contributed by atoms with E-state index >= 15 is 0 Å². The Bertz CT molecular complexity index is 999. The summed E-state index contributed by atoms with van der Waals surface area (Å²) in [5.74, 6) is 0.908. The predicted octanol–water partition coefficient (Wildman–Crippen LogP) is 5.40. The lowest BCUT2D eigenvalue weighted by Gasteiger charge is -2.35. The molecule has 2 aromatic rings. The zero-order chi connectivity index (χ0) is 25.4. The summed E-state index contributed by atoms with van der Waals surface area (Å²) in [5, 5.41) is 3.79. The highest BCUT2D eigenvalue weighted by Gasteiger charge is 2.33. The molecule has 3 rings (SSSR count). The Balaban J connectivity index is 1.89. The fourth-order valence-electron chi connectivity index (χ4n) is 4.67. The molecule has 0 bridgehead atoms. The Kier molecular flexibility index (Phi) is 10.1. The van der Waals surface area contributed by atoms with E-state index in [1.54, 1.807) is 43.4 Å². The highest BCUT2D eigenvalue weighted by atomic mass is 35.5. The number of carbonyl (C=O) groups is 2. The minimum Gasteiger partial charge on any atom is -0.493 e. The van der Waals surface area contributed by atoms with Gasteiger partial charge in [0.25, 0.3) is 0 Å². The number of nitrogens with zero attached hydrogens (tertiary/aromatic N) is 1. The van der Waals surface area contributed by atoms with Gasteiger partial charge in [-0.1, -0.05) is 49.6 Å². The number of methoxy groups -OCH3 is 2. The van der Waals surface area contributed by atoms with Gasteiger partial charge in [-0.2, -0.15) is 0 Å². The van der Waals surface area contributed by atoms with Gasteiger partial charge in [0.2, 0.25) is 11.8 Å². The quantitative estimate of drug-likeness (QED) is 0.425. The molecule has 1 N–H and O–H groups in total. The zero-order valence-corrected chi connectivity index (χ0v) is 22.1. The maximum Gasteiger partial charge on any atom is 0.247 e. The molecule has 0 saturated heterocycles. The van der Waals surface area contributed by atoms with Crippen molar-refractivity contribution in [2.24, 2.45) is 5.92 Å². The summed E-state index contributed by atoms with van der Waals surface area (Å²) in [4.78, 5) is 28.3. The van der Waals surface area contributed by atoms with Crippen LogP contribution in [0.15, 0.2) is 42.5 Å². The van der Waals surface area contributed by atoms with Gasteiger partial charge in [-0.05, 0) is 60.6 Å². The van der Waals surface area contributed by atoms with Crippen molar-refractivity contribution in [1.82, 2.24) is 10.2 Å². The first-order valence-electron chi connectivity index (χ1n) is 12.0. The van der Waals surface area contributed by atoms with Crippen molar-refractivity contribution < 1.29 is 19.1 Å². The van der Waals surface area contributed by atoms with E-state index in [1.807, 2.05) is 18.2 Å². The summed E-state index contributed by atoms with van der Waals surface area (Å²) in [5.41, 5.74) is 1.65. The summed E-state index contributed by atoms with van der Waals surface area (Å²) in [6, 6.07) is 12.0. The van der Waals surface area contributed by atoms with E-state index in [2.05, 4.69) is 12.2 Å². The molecule has 0 unspecified atom stereocenters. The first kappa shape index (κ1) is 27.2. The van der Waals surface area contributed by atoms with Gasteiger partial charge in [-0.25, -0.2) is 0 Å². The molecule has 3 atom stereocenters. The molecule has 1 fully saturated rings. The number of hydrogen-bond donors (Lipinski definition) is 1. The molecule has 0 heterocycles. The third kappa shape index (κ3) is 7.05.